The summed E-state index contributed by atoms with van der Waals surface area (Å²) in [6.07, 6.45) is 4.36. The number of oxazole rings is 1. The van der Waals surface area contributed by atoms with E-state index in [0.29, 0.717) is 12.4 Å². The smallest absolute Gasteiger partial charge is 0.226 e. The number of aliphatic imine (C=N–C) groups is 1. The molecular weight excluding hydrogens is 485 g/mol. The van der Waals surface area contributed by atoms with Crippen LogP contribution in [0.25, 0.3) is 11.5 Å². The maximum Gasteiger partial charge on any atom is 0.226 e. The molecule has 3 aromatic rings. The van der Waals surface area contributed by atoms with Crippen LogP contribution in [0.1, 0.15) is 28.1 Å². The molecular formula is C20H26IN5OS. The van der Waals surface area contributed by atoms with E-state index in [1.165, 1.54) is 10.4 Å². The monoisotopic (exact) mass is 511 g/mol. The molecule has 0 unspecified atom stereocenters. The van der Waals surface area contributed by atoms with Crippen molar-refractivity contribution >= 4 is 41.3 Å². The normalized spacial score (nSPS) is 11.2. The Balaban J connectivity index is 0.00000280. The van der Waals surface area contributed by atoms with Gasteiger partial charge in [0.15, 0.2) is 5.96 Å². The van der Waals surface area contributed by atoms with Crippen molar-refractivity contribution in [2.24, 2.45) is 4.99 Å². The molecule has 6 nitrogen and oxygen atoms in total. The average Bonchev–Trinajstić information content (AvgIpc) is 3.29. The summed E-state index contributed by atoms with van der Waals surface area (Å²) < 4.78 is 5.61. The molecule has 0 amide bonds. The molecule has 0 aliphatic rings. The lowest BCUT2D eigenvalue weighted by atomic mass is 10.1. The molecule has 0 saturated heterocycles. The van der Waals surface area contributed by atoms with Crippen molar-refractivity contribution in [1.29, 1.82) is 0 Å². The lowest BCUT2D eigenvalue weighted by Gasteiger charge is -2.10. The maximum absolute atomic E-state index is 5.61. The van der Waals surface area contributed by atoms with E-state index in [1.54, 1.807) is 17.6 Å². The van der Waals surface area contributed by atoms with Crippen LogP contribution in [0.4, 0.5) is 0 Å². The molecule has 2 aromatic heterocycles. The zero-order valence-electron chi connectivity index (χ0n) is 16.4. The van der Waals surface area contributed by atoms with Crippen molar-refractivity contribution in [3.8, 4) is 11.5 Å². The molecule has 0 atom stereocenters. The molecule has 1 aromatic carbocycles. The number of halogens is 1. The highest BCUT2D eigenvalue weighted by atomic mass is 127. The topological polar surface area (TPSA) is 75.3 Å². The quantitative estimate of drug-likeness (QED) is 0.281. The minimum atomic E-state index is 0. The predicted octanol–water partition coefficient (Wildman–Crippen LogP) is 4.33. The first-order chi connectivity index (χ1) is 13.1. The molecule has 0 aliphatic heterocycles. The largest absolute Gasteiger partial charge is 0.444 e. The number of benzene rings is 1. The minimum absolute atomic E-state index is 0. The van der Waals surface area contributed by atoms with Crippen LogP contribution in [-0.2, 0) is 13.0 Å². The van der Waals surface area contributed by atoms with Crippen LogP contribution in [0.3, 0.4) is 0 Å². The molecule has 150 valence electrons. The van der Waals surface area contributed by atoms with E-state index in [1.807, 2.05) is 18.3 Å². The van der Waals surface area contributed by atoms with Gasteiger partial charge >= 0.3 is 0 Å². The first kappa shape index (κ1) is 22.4. The Morgan fingerprint density at radius 3 is 2.64 bits per heavy atom. The van der Waals surface area contributed by atoms with Gasteiger partial charge in [0.25, 0.3) is 0 Å². The number of guanidine groups is 1. The summed E-state index contributed by atoms with van der Waals surface area (Å²) in [6, 6.07) is 8.17. The molecule has 3 rings (SSSR count). The van der Waals surface area contributed by atoms with Crippen LogP contribution in [-0.4, -0.2) is 29.0 Å². The number of nitrogens with one attached hydrogen (secondary N) is 2. The Kier molecular flexibility index (Phi) is 8.91. The van der Waals surface area contributed by atoms with Gasteiger partial charge in [-0.2, -0.15) is 0 Å². The fraction of sp³-hybridized carbons (Fsp3) is 0.350. The average molecular weight is 511 g/mol. The summed E-state index contributed by atoms with van der Waals surface area (Å²) in [5, 5.41) is 7.61. The lowest BCUT2D eigenvalue weighted by molar-refractivity contribution is 0.572. The zero-order valence-corrected chi connectivity index (χ0v) is 19.5. The number of thiazole rings is 1. The Bertz CT molecular complexity index is 888. The van der Waals surface area contributed by atoms with Gasteiger partial charge in [0, 0.05) is 36.1 Å². The molecule has 0 fully saturated rings. The van der Waals surface area contributed by atoms with E-state index in [0.717, 1.165) is 41.7 Å². The number of aromatic nitrogens is 2. The molecule has 0 saturated carbocycles. The van der Waals surface area contributed by atoms with Crippen LogP contribution in [0.5, 0.6) is 0 Å². The van der Waals surface area contributed by atoms with Crippen LogP contribution in [0.15, 0.2) is 46.1 Å². The van der Waals surface area contributed by atoms with Crippen molar-refractivity contribution in [1.82, 2.24) is 20.6 Å². The second-order valence-corrected chi connectivity index (χ2v) is 7.57. The van der Waals surface area contributed by atoms with Crippen LogP contribution >= 0.6 is 35.3 Å². The van der Waals surface area contributed by atoms with E-state index >= 15 is 0 Å². The van der Waals surface area contributed by atoms with Gasteiger partial charge in [-0.1, -0.05) is 17.7 Å². The Labute approximate surface area is 186 Å². The SMILES string of the molecule is CCNC(=NCc1ncc(C)s1)NCCc1coc(-c2ccc(C)cc2)n1.I. The summed E-state index contributed by atoms with van der Waals surface area (Å²) >= 11 is 1.67. The highest BCUT2D eigenvalue weighted by molar-refractivity contribution is 14.0. The molecule has 0 spiro atoms. The van der Waals surface area contributed by atoms with Gasteiger partial charge in [0.2, 0.25) is 5.89 Å². The van der Waals surface area contributed by atoms with Gasteiger partial charge < -0.3 is 15.1 Å². The Morgan fingerprint density at radius 2 is 1.96 bits per heavy atom. The Morgan fingerprint density at radius 1 is 1.18 bits per heavy atom. The number of rotatable bonds is 7. The fourth-order valence-corrected chi connectivity index (χ4v) is 3.23. The number of hydrogen-bond acceptors (Lipinski definition) is 5. The summed E-state index contributed by atoms with van der Waals surface area (Å²) in [5.74, 6) is 1.44. The molecule has 8 heteroatoms. The van der Waals surface area contributed by atoms with Crippen molar-refractivity contribution in [2.45, 2.75) is 33.7 Å². The van der Waals surface area contributed by atoms with Gasteiger partial charge in [0.05, 0.1) is 12.2 Å². The first-order valence-electron chi connectivity index (χ1n) is 9.09. The molecule has 28 heavy (non-hydrogen) atoms. The fourth-order valence-electron chi connectivity index (χ4n) is 2.52. The Hall–Kier alpha value is -1.94. The highest BCUT2D eigenvalue weighted by Gasteiger charge is 2.07. The van der Waals surface area contributed by atoms with Crippen LogP contribution in [0.2, 0.25) is 0 Å². The maximum atomic E-state index is 5.61. The number of aryl methyl sites for hydroxylation is 2. The van der Waals surface area contributed by atoms with E-state index in [4.69, 9.17) is 4.42 Å². The van der Waals surface area contributed by atoms with E-state index in [9.17, 15) is 0 Å². The third-order valence-electron chi connectivity index (χ3n) is 3.91. The van der Waals surface area contributed by atoms with Gasteiger partial charge in [-0.05, 0) is 32.9 Å². The molecule has 0 bridgehead atoms. The molecule has 2 N–H and O–H groups in total. The minimum Gasteiger partial charge on any atom is -0.444 e. The molecule has 0 radical (unpaired) electrons. The number of nitrogens with zero attached hydrogens (tertiary/aromatic N) is 3. The van der Waals surface area contributed by atoms with E-state index in [-0.39, 0.29) is 24.0 Å². The molecule has 0 aliphatic carbocycles. The summed E-state index contributed by atoms with van der Waals surface area (Å²) in [4.78, 5) is 14.7. The summed E-state index contributed by atoms with van der Waals surface area (Å²) in [6.45, 7) is 8.28. The van der Waals surface area contributed by atoms with Crippen LogP contribution in [0, 0.1) is 13.8 Å². The van der Waals surface area contributed by atoms with Gasteiger partial charge in [-0.15, -0.1) is 35.3 Å². The third kappa shape index (κ3) is 6.59. The predicted molar refractivity (Wildman–Crippen MR) is 125 cm³/mol. The second-order valence-electron chi connectivity index (χ2n) is 6.25. The third-order valence-corrected chi connectivity index (χ3v) is 4.81. The van der Waals surface area contributed by atoms with Crippen molar-refractivity contribution < 1.29 is 4.42 Å². The summed E-state index contributed by atoms with van der Waals surface area (Å²) in [7, 11) is 0. The number of hydrogen-bond donors (Lipinski definition) is 2. The standard InChI is InChI=1S/C20H25N5OS.HI/c1-4-21-20(24-12-18-23-11-15(3)27-18)22-10-9-17-13-26-19(25-17)16-7-5-14(2)6-8-16;/h5-8,11,13H,4,9-10,12H2,1-3H3,(H2,21,22,24);1H. The second kappa shape index (κ2) is 11.2. The van der Waals surface area contributed by atoms with Crippen molar-refractivity contribution in [3.05, 3.63) is 57.9 Å². The van der Waals surface area contributed by atoms with Gasteiger partial charge in [-0.25, -0.2) is 15.0 Å². The lowest BCUT2D eigenvalue weighted by Crippen LogP contribution is -2.38. The summed E-state index contributed by atoms with van der Waals surface area (Å²) in [5.41, 5.74) is 3.14. The van der Waals surface area contributed by atoms with Crippen LogP contribution < -0.4 is 10.6 Å². The van der Waals surface area contributed by atoms with Crippen molar-refractivity contribution in [3.63, 3.8) is 0 Å². The van der Waals surface area contributed by atoms with E-state index in [2.05, 4.69) is 58.5 Å². The zero-order chi connectivity index (χ0) is 19.1. The molecule has 2 heterocycles. The van der Waals surface area contributed by atoms with Gasteiger partial charge in [0.1, 0.15) is 11.3 Å². The van der Waals surface area contributed by atoms with Gasteiger partial charge in [-0.3, -0.25) is 0 Å². The highest BCUT2D eigenvalue weighted by Crippen LogP contribution is 2.19. The van der Waals surface area contributed by atoms with Crippen molar-refractivity contribution in [2.75, 3.05) is 13.1 Å². The first-order valence-corrected chi connectivity index (χ1v) is 9.90. The van der Waals surface area contributed by atoms with E-state index < -0.39 is 0 Å².